The second-order valence-corrected chi connectivity index (χ2v) is 10.0. The average molecular weight is 534 g/mol. The summed E-state index contributed by atoms with van der Waals surface area (Å²) in [7, 11) is 3.37. The van der Waals surface area contributed by atoms with Gasteiger partial charge in [0.25, 0.3) is 11.5 Å². The summed E-state index contributed by atoms with van der Waals surface area (Å²) in [6, 6.07) is 9.84. The standard InChI is InChI=1S/C30H29F2N3O4/c1-17-13-21(30(37)34(3)4)14-18(2)27(17)35-16-20(5-8-25(35)36)26-28(23-7-6-22(31)15-24(23)32)39-29(33-26)19-9-11-38-12-10-19/h5-8,13-16,19H,9-12H2,1-4H3. The van der Waals surface area contributed by atoms with Crippen LogP contribution in [0.5, 0.6) is 0 Å². The van der Waals surface area contributed by atoms with Crippen LogP contribution in [0.3, 0.4) is 0 Å². The van der Waals surface area contributed by atoms with Gasteiger partial charge in [-0.1, -0.05) is 0 Å². The Morgan fingerprint density at radius 2 is 1.72 bits per heavy atom. The Morgan fingerprint density at radius 3 is 2.36 bits per heavy atom. The Bertz CT molecular complexity index is 1590. The zero-order valence-corrected chi connectivity index (χ0v) is 22.3. The fourth-order valence-corrected chi connectivity index (χ4v) is 5.03. The van der Waals surface area contributed by atoms with Crippen molar-refractivity contribution in [1.82, 2.24) is 14.5 Å². The summed E-state index contributed by atoms with van der Waals surface area (Å²) >= 11 is 0. The number of hydrogen-bond donors (Lipinski definition) is 0. The predicted octanol–water partition coefficient (Wildman–Crippen LogP) is 5.65. The summed E-state index contributed by atoms with van der Waals surface area (Å²) in [5, 5.41) is 0. The molecule has 0 aliphatic carbocycles. The van der Waals surface area contributed by atoms with E-state index in [0.29, 0.717) is 54.5 Å². The third-order valence-corrected chi connectivity index (χ3v) is 6.96. The number of oxazole rings is 1. The van der Waals surface area contributed by atoms with Gasteiger partial charge in [0, 0.05) is 62.7 Å². The van der Waals surface area contributed by atoms with Crippen LogP contribution in [0.25, 0.3) is 28.3 Å². The molecule has 1 fully saturated rings. The summed E-state index contributed by atoms with van der Waals surface area (Å²) in [4.78, 5) is 31.9. The first-order valence-corrected chi connectivity index (χ1v) is 12.7. The molecule has 3 heterocycles. The molecule has 0 bridgehead atoms. The molecule has 0 unspecified atom stereocenters. The Labute approximate surface area is 224 Å². The number of amides is 1. The van der Waals surface area contributed by atoms with Crippen molar-refractivity contribution in [2.45, 2.75) is 32.6 Å². The Hall–Kier alpha value is -4.11. The number of aryl methyl sites for hydroxylation is 2. The molecular weight excluding hydrogens is 504 g/mol. The molecule has 1 aliphatic rings. The van der Waals surface area contributed by atoms with Gasteiger partial charge in [-0.05, 0) is 68.1 Å². The van der Waals surface area contributed by atoms with Crippen molar-refractivity contribution >= 4 is 5.91 Å². The molecule has 2 aromatic heterocycles. The monoisotopic (exact) mass is 533 g/mol. The van der Waals surface area contributed by atoms with Crippen LogP contribution in [-0.4, -0.2) is 47.7 Å². The van der Waals surface area contributed by atoms with Crippen LogP contribution in [0.15, 0.2) is 57.9 Å². The lowest BCUT2D eigenvalue weighted by Gasteiger charge is -2.18. The fraction of sp³-hybridized carbons (Fsp3) is 0.300. The van der Waals surface area contributed by atoms with Crippen LogP contribution in [0.1, 0.15) is 46.1 Å². The normalized spacial score (nSPS) is 14.0. The summed E-state index contributed by atoms with van der Waals surface area (Å²) in [5.41, 5.74) is 3.33. The van der Waals surface area contributed by atoms with E-state index in [1.165, 1.54) is 27.7 Å². The Kier molecular flexibility index (Phi) is 7.18. The van der Waals surface area contributed by atoms with Crippen LogP contribution in [0.2, 0.25) is 0 Å². The van der Waals surface area contributed by atoms with E-state index >= 15 is 0 Å². The van der Waals surface area contributed by atoms with Crippen LogP contribution in [0, 0.1) is 25.5 Å². The molecule has 1 amide bonds. The molecule has 202 valence electrons. The molecule has 0 saturated carbocycles. The average Bonchev–Trinajstić information content (AvgIpc) is 3.34. The molecule has 0 spiro atoms. The van der Waals surface area contributed by atoms with Crippen molar-refractivity contribution in [3.63, 3.8) is 0 Å². The summed E-state index contributed by atoms with van der Waals surface area (Å²) in [6.45, 7) is 4.82. The number of carbonyl (C=O) groups excluding carboxylic acids is 1. The van der Waals surface area contributed by atoms with Crippen LogP contribution in [0.4, 0.5) is 8.78 Å². The van der Waals surface area contributed by atoms with E-state index in [2.05, 4.69) is 0 Å². The number of halogens is 2. The zero-order chi connectivity index (χ0) is 27.8. The van der Waals surface area contributed by atoms with Gasteiger partial charge in [-0.2, -0.15) is 0 Å². The van der Waals surface area contributed by atoms with Gasteiger partial charge in [-0.15, -0.1) is 0 Å². The smallest absolute Gasteiger partial charge is 0.255 e. The number of nitrogens with zero attached hydrogens (tertiary/aromatic N) is 3. The summed E-state index contributed by atoms with van der Waals surface area (Å²) in [5.74, 6) is -0.997. The molecule has 0 atom stereocenters. The first kappa shape index (κ1) is 26.5. The van der Waals surface area contributed by atoms with E-state index in [4.69, 9.17) is 14.1 Å². The van der Waals surface area contributed by atoms with Crippen molar-refractivity contribution in [2.24, 2.45) is 0 Å². The molecule has 5 rings (SSSR count). The van der Waals surface area contributed by atoms with Crippen LogP contribution >= 0.6 is 0 Å². The third kappa shape index (κ3) is 5.14. The number of rotatable bonds is 5. The minimum atomic E-state index is -0.771. The van der Waals surface area contributed by atoms with Crippen molar-refractivity contribution in [3.8, 4) is 28.3 Å². The maximum Gasteiger partial charge on any atom is 0.255 e. The number of hydrogen-bond acceptors (Lipinski definition) is 5. The van der Waals surface area contributed by atoms with E-state index in [-0.39, 0.29) is 28.7 Å². The van der Waals surface area contributed by atoms with Crippen molar-refractivity contribution in [2.75, 3.05) is 27.3 Å². The lowest BCUT2D eigenvalue weighted by atomic mass is 10.0. The molecule has 1 saturated heterocycles. The van der Waals surface area contributed by atoms with Gasteiger partial charge < -0.3 is 14.1 Å². The van der Waals surface area contributed by atoms with E-state index in [9.17, 15) is 18.4 Å². The zero-order valence-electron chi connectivity index (χ0n) is 22.3. The van der Waals surface area contributed by atoms with Crippen molar-refractivity contribution < 1.29 is 22.7 Å². The number of benzene rings is 2. The lowest BCUT2D eigenvalue weighted by molar-refractivity contribution is 0.0796. The highest BCUT2D eigenvalue weighted by Crippen LogP contribution is 2.38. The highest BCUT2D eigenvalue weighted by atomic mass is 19.1. The molecule has 9 heteroatoms. The first-order chi connectivity index (χ1) is 18.6. The Morgan fingerprint density at radius 1 is 1.03 bits per heavy atom. The second-order valence-electron chi connectivity index (χ2n) is 10.0. The molecule has 39 heavy (non-hydrogen) atoms. The molecule has 1 aliphatic heterocycles. The molecule has 0 radical (unpaired) electrons. The van der Waals surface area contributed by atoms with Gasteiger partial charge in [0.05, 0.1) is 11.3 Å². The minimum absolute atomic E-state index is 0.00747. The van der Waals surface area contributed by atoms with Gasteiger partial charge in [0.2, 0.25) is 0 Å². The quantitative estimate of drug-likeness (QED) is 0.331. The molecule has 0 N–H and O–H groups in total. The maximum atomic E-state index is 14.9. The molecular formula is C30H29F2N3O4. The number of carbonyl (C=O) groups is 1. The van der Waals surface area contributed by atoms with E-state index in [0.717, 1.165) is 17.2 Å². The van der Waals surface area contributed by atoms with Gasteiger partial charge in [-0.25, -0.2) is 13.8 Å². The minimum Gasteiger partial charge on any atom is -0.440 e. The highest BCUT2D eigenvalue weighted by Gasteiger charge is 2.27. The molecule has 4 aromatic rings. The van der Waals surface area contributed by atoms with Gasteiger partial charge >= 0.3 is 0 Å². The topological polar surface area (TPSA) is 77.6 Å². The van der Waals surface area contributed by atoms with Crippen LogP contribution < -0.4 is 5.56 Å². The molecule has 2 aromatic carbocycles. The SMILES string of the molecule is Cc1cc(C(=O)N(C)C)cc(C)c1-n1cc(-c2nc(C3CCOCC3)oc2-c2ccc(F)cc2F)ccc1=O. The summed E-state index contributed by atoms with van der Waals surface area (Å²) < 4.78 is 41.7. The van der Waals surface area contributed by atoms with Crippen molar-refractivity contribution in [3.05, 3.63) is 93.2 Å². The van der Waals surface area contributed by atoms with E-state index in [1.807, 2.05) is 13.8 Å². The Balaban J connectivity index is 1.66. The summed E-state index contributed by atoms with van der Waals surface area (Å²) in [6.07, 6.45) is 3.06. The second kappa shape index (κ2) is 10.6. The fourth-order valence-electron chi connectivity index (χ4n) is 5.03. The van der Waals surface area contributed by atoms with Gasteiger partial charge in [0.1, 0.15) is 17.3 Å². The maximum absolute atomic E-state index is 14.9. The number of pyridine rings is 1. The van der Waals surface area contributed by atoms with Crippen LogP contribution in [-0.2, 0) is 4.74 Å². The third-order valence-electron chi connectivity index (χ3n) is 6.96. The first-order valence-electron chi connectivity index (χ1n) is 12.7. The molecule has 7 nitrogen and oxygen atoms in total. The van der Waals surface area contributed by atoms with Crippen molar-refractivity contribution in [1.29, 1.82) is 0 Å². The lowest BCUT2D eigenvalue weighted by Crippen LogP contribution is -2.23. The predicted molar refractivity (Wildman–Crippen MR) is 143 cm³/mol. The number of ether oxygens (including phenoxy) is 1. The van der Waals surface area contributed by atoms with Gasteiger partial charge in [0.15, 0.2) is 11.7 Å². The van der Waals surface area contributed by atoms with E-state index < -0.39 is 11.6 Å². The highest BCUT2D eigenvalue weighted by molar-refractivity contribution is 5.94. The van der Waals surface area contributed by atoms with Gasteiger partial charge in [-0.3, -0.25) is 14.2 Å². The van der Waals surface area contributed by atoms with E-state index in [1.54, 1.807) is 38.5 Å². The number of aromatic nitrogens is 2. The largest absolute Gasteiger partial charge is 0.440 e.